The number of nitrogens with zero attached hydrogens (tertiary/aromatic N) is 4. The summed E-state index contributed by atoms with van der Waals surface area (Å²) in [6, 6.07) is 1.85. The highest BCUT2D eigenvalue weighted by atomic mass is 79.9. The van der Waals surface area contributed by atoms with Crippen LogP contribution in [-0.4, -0.2) is 31.9 Å². The molecular weight excluding hydrogens is 330 g/mol. The van der Waals surface area contributed by atoms with Gasteiger partial charge in [0.15, 0.2) is 5.16 Å². The highest BCUT2D eigenvalue weighted by molar-refractivity contribution is 9.10. The number of carbonyl (C=O) groups excluding carboxylic acids is 1. The molecule has 0 aliphatic rings. The molecule has 2 aromatic rings. The van der Waals surface area contributed by atoms with E-state index in [9.17, 15) is 4.79 Å². The maximum absolute atomic E-state index is 11.9. The monoisotopic (exact) mass is 341 g/mol. The number of aryl methyl sites for hydroxylation is 1. The Morgan fingerprint density at radius 3 is 2.95 bits per heavy atom. The number of hydrogen-bond acceptors (Lipinski definition) is 5. The highest BCUT2D eigenvalue weighted by Crippen LogP contribution is 2.13. The van der Waals surface area contributed by atoms with Gasteiger partial charge in [0.25, 0.3) is 0 Å². The van der Waals surface area contributed by atoms with Crippen molar-refractivity contribution in [3.8, 4) is 0 Å². The molecule has 0 bridgehead atoms. The molecule has 0 spiro atoms. The summed E-state index contributed by atoms with van der Waals surface area (Å²) in [6.45, 7) is 0. The fourth-order valence-corrected chi connectivity index (χ4v) is 2.40. The molecule has 0 saturated heterocycles. The van der Waals surface area contributed by atoms with E-state index in [0.29, 0.717) is 5.95 Å². The highest BCUT2D eigenvalue weighted by Gasteiger charge is 2.10. The third kappa shape index (κ3) is 3.77. The third-order valence-corrected chi connectivity index (χ3v) is 3.44. The molecule has 0 fully saturated rings. The van der Waals surface area contributed by atoms with Gasteiger partial charge in [0, 0.05) is 23.9 Å². The van der Waals surface area contributed by atoms with E-state index in [2.05, 4.69) is 36.3 Å². The zero-order valence-corrected chi connectivity index (χ0v) is 12.8. The molecule has 0 aromatic carbocycles. The smallest absolute Gasteiger partial charge is 0.249 e. The first-order chi connectivity index (χ1) is 9.08. The van der Waals surface area contributed by atoms with Gasteiger partial charge < -0.3 is 0 Å². The SMILES string of the molecule is CSc1nc(NC(=O)Cc2cncc(Br)c2)nn1C. The zero-order valence-electron chi connectivity index (χ0n) is 10.4. The second kappa shape index (κ2) is 6.16. The van der Waals surface area contributed by atoms with Gasteiger partial charge in [0.1, 0.15) is 0 Å². The van der Waals surface area contributed by atoms with Crippen molar-refractivity contribution in [1.29, 1.82) is 0 Å². The van der Waals surface area contributed by atoms with Gasteiger partial charge in [-0.05, 0) is 33.8 Å². The zero-order chi connectivity index (χ0) is 13.8. The molecular formula is C11H12BrN5OS. The van der Waals surface area contributed by atoms with E-state index in [0.717, 1.165) is 15.2 Å². The number of rotatable bonds is 4. The fraction of sp³-hybridized carbons (Fsp3) is 0.273. The molecule has 0 saturated carbocycles. The summed E-state index contributed by atoms with van der Waals surface area (Å²) in [6.07, 6.45) is 5.47. The van der Waals surface area contributed by atoms with Gasteiger partial charge in [-0.3, -0.25) is 15.1 Å². The molecule has 0 aliphatic carbocycles. The molecule has 1 amide bonds. The van der Waals surface area contributed by atoms with Crippen LogP contribution in [0.25, 0.3) is 0 Å². The molecule has 100 valence electrons. The Labute approximate surface area is 123 Å². The van der Waals surface area contributed by atoms with Gasteiger partial charge >= 0.3 is 0 Å². The quantitative estimate of drug-likeness (QED) is 0.859. The molecule has 1 N–H and O–H groups in total. The van der Waals surface area contributed by atoms with Crippen LogP contribution >= 0.6 is 27.7 Å². The molecule has 2 aromatic heterocycles. The van der Waals surface area contributed by atoms with E-state index in [1.165, 1.54) is 11.8 Å². The Balaban J connectivity index is 2.01. The van der Waals surface area contributed by atoms with Crippen molar-refractivity contribution < 1.29 is 4.79 Å². The second-order valence-corrected chi connectivity index (χ2v) is 5.47. The number of thioether (sulfide) groups is 1. The molecule has 0 unspecified atom stereocenters. The third-order valence-electron chi connectivity index (χ3n) is 2.28. The Hall–Kier alpha value is -1.41. The first-order valence-electron chi connectivity index (χ1n) is 5.43. The van der Waals surface area contributed by atoms with Gasteiger partial charge in [-0.15, -0.1) is 5.10 Å². The summed E-state index contributed by atoms with van der Waals surface area (Å²) >= 11 is 4.79. The van der Waals surface area contributed by atoms with Crippen molar-refractivity contribution in [3.63, 3.8) is 0 Å². The normalized spacial score (nSPS) is 10.5. The molecule has 8 heteroatoms. The summed E-state index contributed by atoms with van der Waals surface area (Å²) < 4.78 is 2.47. The first kappa shape index (κ1) is 14.0. The lowest BCUT2D eigenvalue weighted by molar-refractivity contribution is -0.115. The number of nitrogens with one attached hydrogen (secondary N) is 1. The van der Waals surface area contributed by atoms with E-state index in [-0.39, 0.29) is 12.3 Å². The van der Waals surface area contributed by atoms with Gasteiger partial charge in [0.05, 0.1) is 6.42 Å². The minimum atomic E-state index is -0.168. The number of carbonyl (C=O) groups is 1. The van der Waals surface area contributed by atoms with Crippen LogP contribution in [-0.2, 0) is 18.3 Å². The van der Waals surface area contributed by atoms with Crippen LogP contribution in [0.1, 0.15) is 5.56 Å². The maximum atomic E-state index is 11.9. The molecule has 6 nitrogen and oxygen atoms in total. The summed E-state index contributed by atoms with van der Waals surface area (Å²) in [7, 11) is 1.78. The number of anilines is 1. The van der Waals surface area contributed by atoms with Crippen LogP contribution in [0.2, 0.25) is 0 Å². The number of pyridine rings is 1. The summed E-state index contributed by atoms with van der Waals surface area (Å²) in [5.74, 6) is 0.151. The lowest BCUT2D eigenvalue weighted by atomic mass is 10.2. The average molecular weight is 342 g/mol. The number of aromatic nitrogens is 4. The maximum Gasteiger partial charge on any atom is 0.249 e. The van der Waals surface area contributed by atoms with Crippen molar-refractivity contribution >= 4 is 39.5 Å². The standard InChI is InChI=1S/C11H12BrN5OS/c1-17-11(19-2)15-10(16-17)14-9(18)4-7-3-8(12)6-13-5-7/h3,5-6H,4H2,1-2H3,(H,14,16,18). The molecule has 2 heterocycles. The number of halogens is 1. The minimum absolute atomic E-state index is 0.168. The molecule has 2 rings (SSSR count). The van der Waals surface area contributed by atoms with Crippen molar-refractivity contribution in [2.24, 2.45) is 7.05 Å². The summed E-state index contributed by atoms with van der Waals surface area (Å²) in [4.78, 5) is 20.0. The van der Waals surface area contributed by atoms with Crippen LogP contribution < -0.4 is 5.32 Å². The fourth-order valence-electron chi connectivity index (χ4n) is 1.51. The minimum Gasteiger partial charge on any atom is -0.293 e. The topological polar surface area (TPSA) is 72.7 Å². The predicted octanol–water partition coefficient (Wildman–Crippen LogP) is 1.88. The Morgan fingerprint density at radius 2 is 2.32 bits per heavy atom. The van der Waals surface area contributed by atoms with Gasteiger partial charge in [-0.2, -0.15) is 4.98 Å². The second-order valence-electron chi connectivity index (χ2n) is 3.78. The molecule has 19 heavy (non-hydrogen) atoms. The van der Waals surface area contributed by atoms with Gasteiger partial charge in [0.2, 0.25) is 11.9 Å². The van der Waals surface area contributed by atoms with Crippen LogP contribution in [0.5, 0.6) is 0 Å². The molecule has 0 radical (unpaired) electrons. The average Bonchev–Trinajstić information content (AvgIpc) is 2.69. The first-order valence-corrected chi connectivity index (χ1v) is 7.44. The Kier molecular flexibility index (Phi) is 4.54. The largest absolute Gasteiger partial charge is 0.293 e. The van der Waals surface area contributed by atoms with E-state index in [1.54, 1.807) is 24.1 Å². The van der Waals surface area contributed by atoms with E-state index >= 15 is 0 Å². The predicted molar refractivity (Wildman–Crippen MR) is 77.1 cm³/mol. The number of hydrogen-bond donors (Lipinski definition) is 1. The van der Waals surface area contributed by atoms with Crippen molar-refractivity contribution in [2.45, 2.75) is 11.6 Å². The Bertz CT molecular complexity index is 601. The van der Waals surface area contributed by atoms with Crippen molar-refractivity contribution in [1.82, 2.24) is 19.7 Å². The van der Waals surface area contributed by atoms with Crippen molar-refractivity contribution in [2.75, 3.05) is 11.6 Å². The summed E-state index contributed by atoms with van der Waals surface area (Å²) in [5.41, 5.74) is 0.827. The Morgan fingerprint density at radius 1 is 1.53 bits per heavy atom. The van der Waals surface area contributed by atoms with Gasteiger partial charge in [-0.1, -0.05) is 11.8 Å². The summed E-state index contributed by atoms with van der Waals surface area (Å²) in [5, 5.41) is 7.52. The lowest BCUT2D eigenvalue weighted by Gasteiger charge is -2.01. The van der Waals surface area contributed by atoms with Crippen LogP contribution in [0.3, 0.4) is 0 Å². The van der Waals surface area contributed by atoms with Crippen molar-refractivity contribution in [3.05, 3.63) is 28.5 Å². The van der Waals surface area contributed by atoms with Crippen LogP contribution in [0, 0.1) is 0 Å². The molecule has 0 aliphatic heterocycles. The van der Waals surface area contributed by atoms with E-state index in [4.69, 9.17) is 0 Å². The van der Waals surface area contributed by atoms with Crippen LogP contribution in [0.15, 0.2) is 28.1 Å². The molecule has 0 atom stereocenters. The van der Waals surface area contributed by atoms with E-state index in [1.807, 2.05) is 12.3 Å². The van der Waals surface area contributed by atoms with Crippen LogP contribution in [0.4, 0.5) is 5.95 Å². The lowest BCUT2D eigenvalue weighted by Crippen LogP contribution is -2.15. The number of amides is 1. The van der Waals surface area contributed by atoms with E-state index < -0.39 is 0 Å². The van der Waals surface area contributed by atoms with Gasteiger partial charge in [-0.25, -0.2) is 4.68 Å².